The quantitative estimate of drug-likeness (QED) is 0.118. The molecule has 1 heterocycles. The van der Waals surface area contributed by atoms with E-state index in [0.717, 1.165) is 6.07 Å². The molecule has 3 aromatic carbocycles. The smallest absolute Gasteiger partial charge is 0.394 e. The normalized spacial score (nSPS) is 11.4. The molecule has 0 bridgehead atoms. The predicted octanol–water partition coefficient (Wildman–Crippen LogP) is 5.09. The summed E-state index contributed by atoms with van der Waals surface area (Å²) in [6.45, 7) is 1.43. The van der Waals surface area contributed by atoms with E-state index < -0.39 is 31.4 Å². The van der Waals surface area contributed by atoms with Gasteiger partial charge in [-0.3, -0.25) is 13.9 Å². The van der Waals surface area contributed by atoms with Crippen molar-refractivity contribution in [3.8, 4) is 16.9 Å². The molecule has 13 nitrogen and oxygen atoms in total. The third-order valence-corrected chi connectivity index (χ3v) is 7.76. The number of amides is 1. The molecule has 19 heteroatoms. The fourth-order valence-electron chi connectivity index (χ4n) is 3.82. The van der Waals surface area contributed by atoms with Crippen LogP contribution in [0.25, 0.3) is 11.1 Å². The molecule has 0 saturated carbocycles. The third-order valence-electron chi connectivity index (χ3n) is 5.76. The van der Waals surface area contributed by atoms with Crippen molar-refractivity contribution in [2.75, 3.05) is 11.5 Å². The zero-order valence-electron chi connectivity index (χ0n) is 22.8. The van der Waals surface area contributed by atoms with Crippen LogP contribution in [0.2, 0.25) is 15.1 Å². The molecule has 1 aromatic heterocycles. The Balaban J connectivity index is 0.00000102. The number of carbonyl (C=O) groups is 1. The second-order valence-corrected chi connectivity index (χ2v) is 12.5. The molecule has 0 aliphatic heterocycles. The topological polar surface area (TPSA) is 225 Å². The van der Waals surface area contributed by atoms with Gasteiger partial charge in [-0.15, -0.1) is 3.89 Å². The minimum absolute atomic E-state index is 0.00551. The first-order chi connectivity index (χ1) is 20.8. The van der Waals surface area contributed by atoms with Crippen molar-refractivity contribution in [1.29, 1.82) is 0 Å². The van der Waals surface area contributed by atoms with E-state index in [-0.39, 0.29) is 41.1 Å². The van der Waals surface area contributed by atoms with Crippen molar-refractivity contribution in [2.24, 2.45) is 0 Å². The Morgan fingerprint density at radius 2 is 1.60 bits per heavy atom. The SMILES string of the molecule is Cc1ccc(C(=O)NCc2ccc(OCc3nc(N)nc(N)c3-c3ccc(Cl)c(Cl)c3)c(Cl)c2)cc1S(=O)(=O)F.O=S(=O)(O)O. The van der Waals surface area contributed by atoms with Crippen LogP contribution < -0.4 is 21.5 Å². The van der Waals surface area contributed by atoms with Crippen LogP contribution >= 0.6 is 34.8 Å². The van der Waals surface area contributed by atoms with Crippen LogP contribution in [0.5, 0.6) is 5.75 Å². The number of aromatic nitrogens is 2. The molecular formula is C26H23Cl3FN5O8S2. The van der Waals surface area contributed by atoms with E-state index in [1.807, 2.05) is 0 Å². The van der Waals surface area contributed by atoms with E-state index in [4.69, 9.17) is 68.5 Å². The van der Waals surface area contributed by atoms with Crippen molar-refractivity contribution < 1.29 is 39.4 Å². The van der Waals surface area contributed by atoms with Crippen LogP contribution in [-0.2, 0) is 33.8 Å². The Kier molecular flexibility index (Phi) is 11.5. The number of hydrogen-bond acceptors (Lipinski definition) is 10. The Bertz CT molecular complexity index is 1980. The number of nitrogens with zero attached hydrogens (tertiary/aromatic N) is 2. The lowest BCUT2D eigenvalue weighted by atomic mass is 10.0. The van der Waals surface area contributed by atoms with Gasteiger partial charge >= 0.3 is 20.6 Å². The molecule has 7 N–H and O–H groups in total. The molecule has 0 aliphatic carbocycles. The summed E-state index contributed by atoms with van der Waals surface area (Å²) in [4.78, 5) is 20.3. The van der Waals surface area contributed by atoms with Gasteiger partial charge in [0.05, 0.1) is 20.8 Å². The van der Waals surface area contributed by atoms with Crippen LogP contribution in [0.1, 0.15) is 27.2 Å². The monoisotopic (exact) mass is 721 g/mol. The van der Waals surface area contributed by atoms with Gasteiger partial charge in [0.25, 0.3) is 5.91 Å². The Hall–Kier alpha value is -3.77. The van der Waals surface area contributed by atoms with Crippen molar-refractivity contribution in [3.63, 3.8) is 0 Å². The van der Waals surface area contributed by atoms with E-state index in [0.29, 0.717) is 38.2 Å². The first kappa shape index (κ1) is 35.7. The summed E-state index contributed by atoms with van der Waals surface area (Å²) in [5.41, 5.74) is 14.2. The minimum Gasteiger partial charge on any atom is -0.486 e. The lowest BCUT2D eigenvalue weighted by Gasteiger charge is -2.15. The second-order valence-electron chi connectivity index (χ2n) is 9.02. The largest absolute Gasteiger partial charge is 0.486 e. The van der Waals surface area contributed by atoms with E-state index >= 15 is 0 Å². The maximum atomic E-state index is 13.5. The number of benzene rings is 3. The van der Waals surface area contributed by atoms with Crippen molar-refractivity contribution in [1.82, 2.24) is 15.3 Å². The van der Waals surface area contributed by atoms with Gasteiger partial charge in [-0.05, 0) is 60.0 Å². The number of nitrogens with one attached hydrogen (secondary N) is 1. The number of rotatable bonds is 8. The zero-order valence-corrected chi connectivity index (χ0v) is 26.7. The highest BCUT2D eigenvalue weighted by Crippen LogP contribution is 2.34. The van der Waals surface area contributed by atoms with E-state index in [1.54, 1.807) is 36.4 Å². The molecule has 0 aliphatic rings. The average Bonchev–Trinajstić information content (AvgIpc) is 2.91. The summed E-state index contributed by atoms with van der Waals surface area (Å²) < 4.78 is 73.6. The number of aryl methyl sites for hydroxylation is 1. The lowest BCUT2D eigenvalue weighted by molar-refractivity contribution is 0.0950. The lowest BCUT2D eigenvalue weighted by Crippen LogP contribution is -2.23. The molecular weight excluding hydrogens is 700 g/mol. The summed E-state index contributed by atoms with van der Waals surface area (Å²) in [7, 11) is -9.63. The van der Waals surface area contributed by atoms with Crippen LogP contribution in [0, 0.1) is 6.92 Å². The van der Waals surface area contributed by atoms with E-state index in [9.17, 15) is 17.1 Å². The Morgan fingerprint density at radius 1 is 0.933 bits per heavy atom. The molecule has 0 atom stereocenters. The molecule has 45 heavy (non-hydrogen) atoms. The molecule has 0 radical (unpaired) electrons. The van der Waals surface area contributed by atoms with Crippen LogP contribution in [0.4, 0.5) is 15.7 Å². The number of nitrogen functional groups attached to an aromatic ring is 2. The first-order valence-electron chi connectivity index (χ1n) is 12.2. The number of hydrogen-bond donors (Lipinski definition) is 5. The number of ether oxygens (including phenoxy) is 1. The third kappa shape index (κ3) is 10.4. The summed E-state index contributed by atoms with van der Waals surface area (Å²) in [5.74, 6) is -0.174. The molecule has 0 saturated heterocycles. The molecule has 4 rings (SSSR count). The van der Waals surface area contributed by atoms with Gasteiger partial charge in [0.2, 0.25) is 5.95 Å². The Labute approximate surface area is 272 Å². The number of carbonyl (C=O) groups excluding carboxylic acids is 1. The van der Waals surface area contributed by atoms with Gasteiger partial charge in [0.15, 0.2) is 0 Å². The summed E-state index contributed by atoms with van der Waals surface area (Å²) >= 11 is 18.6. The van der Waals surface area contributed by atoms with Crippen molar-refractivity contribution >= 4 is 73.1 Å². The zero-order chi connectivity index (χ0) is 33.7. The number of anilines is 2. The number of halogens is 4. The van der Waals surface area contributed by atoms with E-state index in [2.05, 4.69) is 15.3 Å². The Morgan fingerprint density at radius 3 is 2.20 bits per heavy atom. The van der Waals surface area contributed by atoms with Gasteiger partial charge in [0.1, 0.15) is 23.1 Å². The summed E-state index contributed by atoms with van der Waals surface area (Å²) in [6.07, 6.45) is 0. The first-order valence-corrected chi connectivity index (χ1v) is 16.1. The molecule has 4 aromatic rings. The molecule has 1 amide bonds. The van der Waals surface area contributed by atoms with Gasteiger partial charge in [-0.25, -0.2) is 4.98 Å². The summed E-state index contributed by atoms with van der Waals surface area (Å²) in [5, 5.41) is 3.59. The molecule has 0 unspecified atom stereocenters. The van der Waals surface area contributed by atoms with E-state index in [1.165, 1.54) is 19.1 Å². The van der Waals surface area contributed by atoms with Crippen LogP contribution in [0.3, 0.4) is 0 Å². The highest BCUT2D eigenvalue weighted by molar-refractivity contribution is 7.86. The predicted molar refractivity (Wildman–Crippen MR) is 167 cm³/mol. The van der Waals surface area contributed by atoms with Crippen molar-refractivity contribution in [3.05, 3.63) is 92.0 Å². The minimum atomic E-state index is -4.96. The van der Waals surface area contributed by atoms with Crippen LogP contribution in [-0.4, -0.2) is 41.8 Å². The second kappa shape index (κ2) is 14.6. The maximum Gasteiger partial charge on any atom is 0.394 e. The van der Waals surface area contributed by atoms with Gasteiger partial charge in [0, 0.05) is 17.7 Å². The summed E-state index contributed by atoms with van der Waals surface area (Å²) in [6, 6.07) is 13.6. The average molecular weight is 723 g/mol. The van der Waals surface area contributed by atoms with Gasteiger partial charge in [-0.1, -0.05) is 53.0 Å². The highest BCUT2D eigenvalue weighted by Gasteiger charge is 2.19. The van der Waals surface area contributed by atoms with Gasteiger partial charge in [-0.2, -0.15) is 21.8 Å². The fourth-order valence-corrected chi connectivity index (χ4v) is 5.10. The van der Waals surface area contributed by atoms with Crippen molar-refractivity contribution in [2.45, 2.75) is 25.0 Å². The van der Waals surface area contributed by atoms with Crippen LogP contribution in [0.15, 0.2) is 59.5 Å². The fraction of sp³-hybridized carbons (Fsp3) is 0.115. The molecule has 240 valence electrons. The molecule has 0 spiro atoms. The maximum absolute atomic E-state index is 13.5. The van der Waals surface area contributed by atoms with Gasteiger partial charge < -0.3 is 21.5 Å². The molecule has 0 fully saturated rings. The standard InChI is InChI=1S/C26H21Cl3FN5O4S.H2O4S/c1-13-2-4-16(10-22(13)40(30,37)38)25(36)33-11-14-3-7-21(19(29)8-14)39-12-20-23(24(31)35-26(32)34-20)15-5-6-17(27)18(28)9-15;1-5(2,3)4/h2-10H,11-12H2,1H3,(H,33,36)(H4,31,32,34,35);(H2,1,2,3,4). The highest BCUT2D eigenvalue weighted by atomic mass is 35.5. The number of nitrogens with two attached hydrogens (primary N) is 2.